The summed E-state index contributed by atoms with van der Waals surface area (Å²) in [4.78, 5) is 11.9. The summed E-state index contributed by atoms with van der Waals surface area (Å²) in [6.45, 7) is 0.207. The van der Waals surface area contributed by atoms with Gasteiger partial charge in [-0.15, -0.1) is 0 Å². The van der Waals surface area contributed by atoms with Crippen molar-refractivity contribution in [3.63, 3.8) is 0 Å². The van der Waals surface area contributed by atoms with Crippen LogP contribution in [0, 0.1) is 0 Å². The Morgan fingerprint density at radius 2 is 1.69 bits per heavy atom. The molecule has 7 heteroatoms. The number of ether oxygens (including phenoxy) is 2. The van der Waals surface area contributed by atoms with E-state index in [1.165, 1.54) is 6.21 Å². The van der Waals surface area contributed by atoms with Gasteiger partial charge in [0.2, 0.25) is 0 Å². The third kappa shape index (κ3) is 6.52. The van der Waals surface area contributed by atoms with Gasteiger partial charge < -0.3 is 9.47 Å². The maximum atomic E-state index is 11.9. The molecule has 0 fully saturated rings. The van der Waals surface area contributed by atoms with Crippen molar-refractivity contribution in [2.75, 3.05) is 6.61 Å². The highest BCUT2D eigenvalue weighted by Gasteiger charge is 2.06. The molecule has 0 bridgehead atoms. The van der Waals surface area contributed by atoms with Crippen LogP contribution < -0.4 is 14.9 Å². The highest BCUT2D eigenvalue weighted by atomic mass is 35.5. The van der Waals surface area contributed by atoms with E-state index >= 15 is 0 Å². The molecular formula is C22H18Cl2N2O3. The van der Waals surface area contributed by atoms with Crippen molar-refractivity contribution >= 4 is 35.3 Å². The molecule has 0 atom stereocenters. The molecule has 29 heavy (non-hydrogen) atoms. The minimum Gasteiger partial charge on any atom is -0.488 e. The Labute approximate surface area is 178 Å². The molecule has 0 saturated carbocycles. The molecule has 148 valence electrons. The van der Waals surface area contributed by atoms with E-state index < -0.39 is 5.91 Å². The van der Waals surface area contributed by atoms with Gasteiger partial charge in [0.1, 0.15) is 18.1 Å². The van der Waals surface area contributed by atoms with Gasteiger partial charge in [-0.2, -0.15) is 5.10 Å². The molecule has 0 aliphatic carbocycles. The Morgan fingerprint density at radius 3 is 2.48 bits per heavy atom. The summed E-state index contributed by atoms with van der Waals surface area (Å²) >= 11 is 11.8. The summed E-state index contributed by atoms with van der Waals surface area (Å²) in [6, 6.07) is 22.1. The maximum absolute atomic E-state index is 11.9. The number of carbonyl (C=O) groups excluding carboxylic acids is 1. The van der Waals surface area contributed by atoms with Crippen LogP contribution in [0.5, 0.6) is 11.5 Å². The van der Waals surface area contributed by atoms with Gasteiger partial charge in [0.25, 0.3) is 5.91 Å². The first-order valence-corrected chi connectivity index (χ1v) is 9.53. The zero-order chi connectivity index (χ0) is 20.5. The minimum atomic E-state index is -0.421. The number of amides is 1. The van der Waals surface area contributed by atoms with Gasteiger partial charge in [0, 0.05) is 10.6 Å². The quantitative estimate of drug-likeness (QED) is 0.400. The fourth-order valence-corrected chi connectivity index (χ4v) is 2.86. The fourth-order valence-electron chi connectivity index (χ4n) is 2.40. The lowest BCUT2D eigenvalue weighted by atomic mass is 10.2. The third-order valence-electron chi connectivity index (χ3n) is 3.80. The van der Waals surface area contributed by atoms with Crippen molar-refractivity contribution in [2.24, 2.45) is 5.10 Å². The molecule has 0 aliphatic rings. The number of carbonyl (C=O) groups is 1. The lowest BCUT2D eigenvalue weighted by molar-refractivity contribution is -0.123. The number of nitrogens with zero attached hydrogens (tertiary/aromatic N) is 1. The summed E-state index contributed by atoms with van der Waals surface area (Å²) in [7, 11) is 0. The zero-order valence-electron chi connectivity index (χ0n) is 15.3. The molecule has 0 aliphatic heterocycles. The van der Waals surface area contributed by atoms with Crippen LogP contribution in [0.1, 0.15) is 11.1 Å². The Bertz CT molecular complexity index is 994. The van der Waals surface area contributed by atoms with E-state index in [9.17, 15) is 4.79 Å². The Hall–Kier alpha value is -3.02. The van der Waals surface area contributed by atoms with Crippen LogP contribution in [-0.2, 0) is 11.4 Å². The number of para-hydroxylation sites is 1. The Morgan fingerprint density at radius 1 is 0.931 bits per heavy atom. The summed E-state index contributed by atoms with van der Waals surface area (Å²) in [5, 5.41) is 4.79. The normalized spacial score (nSPS) is 10.7. The average Bonchev–Trinajstić information content (AvgIpc) is 2.73. The second kappa shape index (κ2) is 10.5. The third-order valence-corrected chi connectivity index (χ3v) is 4.33. The van der Waals surface area contributed by atoms with Crippen molar-refractivity contribution in [1.82, 2.24) is 5.43 Å². The van der Waals surface area contributed by atoms with Gasteiger partial charge in [-0.1, -0.05) is 65.7 Å². The van der Waals surface area contributed by atoms with Crippen molar-refractivity contribution in [1.29, 1.82) is 0 Å². The van der Waals surface area contributed by atoms with Crippen LogP contribution in [0.3, 0.4) is 0 Å². The lowest BCUT2D eigenvalue weighted by Gasteiger charge is -2.09. The number of rotatable bonds is 8. The molecule has 1 N–H and O–H groups in total. The van der Waals surface area contributed by atoms with Crippen LogP contribution in [-0.4, -0.2) is 18.7 Å². The predicted molar refractivity (Wildman–Crippen MR) is 115 cm³/mol. The van der Waals surface area contributed by atoms with Gasteiger partial charge in [-0.3, -0.25) is 4.79 Å². The summed E-state index contributed by atoms with van der Waals surface area (Å²) < 4.78 is 11.2. The van der Waals surface area contributed by atoms with Crippen LogP contribution >= 0.6 is 23.2 Å². The van der Waals surface area contributed by atoms with Gasteiger partial charge >= 0.3 is 0 Å². The van der Waals surface area contributed by atoms with Crippen LogP contribution in [0.4, 0.5) is 0 Å². The first-order valence-electron chi connectivity index (χ1n) is 8.77. The molecule has 0 heterocycles. The van der Waals surface area contributed by atoms with Crippen molar-refractivity contribution in [2.45, 2.75) is 6.61 Å². The van der Waals surface area contributed by atoms with E-state index in [1.807, 2.05) is 54.6 Å². The highest BCUT2D eigenvalue weighted by Crippen LogP contribution is 2.27. The topological polar surface area (TPSA) is 59.9 Å². The zero-order valence-corrected chi connectivity index (χ0v) is 16.9. The van der Waals surface area contributed by atoms with Crippen LogP contribution in [0.2, 0.25) is 10.0 Å². The number of nitrogens with one attached hydrogen (secondary N) is 1. The van der Waals surface area contributed by atoms with E-state index in [0.29, 0.717) is 28.2 Å². The van der Waals surface area contributed by atoms with Crippen molar-refractivity contribution in [3.8, 4) is 11.5 Å². The smallest absolute Gasteiger partial charge is 0.277 e. The Balaban J connectivity index is 1.52. The molecule has 3 aromatic carbocycles. The number of hydrazone groups is 1. The number of halogens is 2. The minimum absolute atomic E-state index is 0.231. The van der Waals surface area contributed by atoms with Crippen molar-refractivity contribution < 1.29 is 14.3 Å². The van der Waals surface area contributed by atoms with E-state index in [1.54, 1.807) is 18.2 Å². The van der Waals surface area contributed by atoms with Crippen LogP contribution in [0.25, 0.3) is 0 Å². The molecule has 3 rings (SSSR count). The molecule has 1 amide bonds. The van der Waals surface area contributed by atoms with Gasteiger partial charge in [-0.25, -0.2) is 5.43 Å². The molecule has 0 radical (unpaired) electrons. The van der Waals surface area contributed by atoms with Crippen molar-refractivity contribution in [3.05, 3.63) is 94.0 Å². The molecule has 0 spiro atoms. The number of hydrogen-bond donors (Lipinski definition) is 1. The van der Waals surface area contributed by atoms with E-state index in [0.717, 1.165) is 11.1 Å². The van der Waals surface area contributed by atoms with E-state index in [2.05, 4.69) is 10.5 Å². The monoisotopic (exact) mass is 428 g/mol. The van der Waals surface area contributed by atoms with E-state index in [4.69, 9.17) is 32.7 Å². The first kappa shape index (κ1) is 20.7. The van der Waals surface area contributed by atoms with E-state index in [-0.39, 0.29) is 6.61 Å². The molecular weight excluding hydrogens is 411 g/mol. The van der Waals surface area contributed by atoms with Gasteiger partial charge in [0.05, 0.1) is 11.2 Å². The average molecular weight is 429 g/mol. The standard InChI is InChI=1S/C22H18Cl2N2O3/c23-18-10-11-21(19(24)12-18)29-15-22(27)26-25-13-17-8-4-5-9-20(17)28-14-16-6-2-1-3-7-16/h1-13H,14-15H2,(H,26,27)/b25-13-. The molecule has 5 nitrogen and oxygen atoms in total. The summed E-state index contributed by atoms with van der Waals surface area (Å²) in [6.07, 6.45) is 1.52. The second-order valence-electron chi connectivity index (χ2n) is 5.97. The predicted octanol–water partition coefficient (Wildman–Crippen LogP) is 5.10. The van der Waals surface area contributed by atoms with Crippen LogP contribution in [0.15, 0.2) is 77.9 Å². The second-order valence-corrected chi connectivity index (χ2v) is 6.81. The highest BCUT2D eigenvalue weighted by molar-refractivity contribution is 6.35. The van der Waals surface area contributed by atoms with Gasteiger partial charge in [-0.05, 0) is 35.9 Å². The maximum Gasteiger partial charge on any atom is 0.277 e. The molecule has 3 aromatic rings. The Kier molecular flexibility index (Phi) is 7.50. The number of hydrogen-bond acceptors (Lipinski definition) is 4. The largest absolute Gasteiger partial charge is 0.488 e. The number of benzene rings is 3. The summed E-state index contributed by atoms with van der Waals surface area (Å²) in [5.74, 6) is 0.614. The molecule has 0 unspecified atom stereocenters. The molecule has 0 saturated heterocycles. The fraction of sp³-hybridized carbons (Fsp3) is 0.0909. The first-order chi connectivity index (χ1) is 14.1. The lowest BCUT2D eigenvalue weighted by Crippen LogP contribution is -2.24. The van der Waals surface area contributed by atoms with Gasteiger partial charge in [0.15, 0.2) is 6.61 Å². The summed E-state index contributed by atoms with van der Waals surface area (Å²) in [5.41, 5.74) is 4.22. The SMILES string of the molecule is O=C(COc1ccc(Cl)cc1Cl)N/N=C\c1ccccc1OCc1ccccc1. The molecule has 0 aromatic heterocycles.